The summed E-state index contributed by atoms with van der Waals surface area (Å²) in [4.78, 5) is 13.6. The first-order valence-corrected chi connectivity index (χ1v) is 7.88. The first kappa shape index (κ1) is 14.0. The largest absolute Gasteiger partial charge is 0.312 e. The maximum absolute atomic E-state index is 11.9. The predicted octanol–water partition coefficient (Wildman–Crippen LogP) is 1.32. The van der Waals surface area contributed by atoms with Gasteiger partial charge in [-0.3, -0.25) is 8.98 Å². The highest BCUT2D eigenvalue weighted by Gasteiger charge is 2.31. The van der Waals surface area contributed by atoms with Gasteiger partial charge in [-0.25, -0.2) is 0 Å². The van der Waals surface area contributed by atoms with Crippen molar-refractivity contribution in [2.24, 2.45) is 5.92 Å². The third kappa shape index (κ3) is 3.78. The molecule has 0 radical (unpaired) electrons. The quantitative estimate of drug-likeness (QED) is 0.782. The Bertz CT molecular complexity index is 582. The highest BCUT2D eigenvalue weighted by molar-refractivity contribution is 7.85. The lowest BCUT2D eigenvalue weighted by Gasteiger charge is -2.17. The van der Waals surface area contributed by atoms with Crippen LogP contribution in [0.25, 0.3) is 0 Å². The summed E-state index contributed by atoms with van der Waals surface area (Å²) in [6.45, 7) is 2.53. The minimum absolute atomic E-state index is 0.00713. The zero-order chi connectivity index (χ0) is 14.0. The monoisotopic (exact) mass is 283 g/mol. The summed E-state index contributed by atoms with van der Waals surface area (Å²) in [6.07, 6.45) is 1.34. The summed E-state index contributed by atoms with van der Waals surface area (Å²) in [7, 11) is -3.45. The molecule has 1 aliphatic heterocycles. The Hall–Kier alpha value is -1.40. The standard InChI is InChI=1S/C13H17NO4S/c1-10-4-3-5-12(6-10)14-8-11(7-13(14)15)9-18-19(2,16)17/h3-6,11H,7-9H2,1-2H3. The molecule has 1 aromatic rings. The van der Waals surface area contributed by atoms with E-state index in [0.29, 0.717) is 13.0 Å². The number of nitrogens with zero attached hydrogens (tertiary/aromatic N) is 1. The van der Waals surface area contributed by atoms with Gasteiger partial charge in [-0.05, 0) is 24.6 Å². The average molecular weight is 283 g/mol. The van der Waals surface area contributed by atoms with E-state index in [-0.39, 0.29) is 18.4 Å². The Labute approximate surface area is 113 Å². The van der Waals surface area contributed by atoms with E-state index in [0.717, 1.165) is 17.5 Å². The van der Waals surface area contributed by atoms with Gasteiger partial charge in [0.1, 0.15) is 0 Å². The van der Waals surface area contributed by atoms with Crippen molar-refractivity contribution in [2.75, 3.05) is 24.3 Å². The molecule has 0 aromatic heterocycles. The van der Waals surface area contributed by atoms with Crippen LogP contribution in [0.5, 0.6) is 0 Å². The molecular formula is C13H17NO4S. The van der Waals surface area contributed by atoms with Gasteiger partial charge < -0.3 is 4.90 Å². The fourth-order valence-electron chi connectivity index (χ4n) is 2.16. The Morgan fingerprint density at radius 3 is 2.79 bits per heavy atom. The predicted molar refractivity (Wildman–Crippen MR) is 72.4 cm³/mol. The van der Waals surface area contributed by atoms with Crippen LogP contribution in [0.1, 0.15) is 12.0 Å². The summed E-state index contributed by atoms with van der Waals surface area (Å²) in [5.74, 6) is -0.0737. The number of rotatable bonds is 4. The molecule has 1 heterocycles. The van der Waals surface area contributed by atoms with Crippen LogP contribution in [0.15, 0.2) is 24.3 Å². The van der Waals surface area contributed by atoms with Crippen LogP contribution in [0.2, 0.25) is 0 Å². The highest BCUT2D eigenvalue weighted by atomic mass is 32.2. The first-order valence-electron chi connectivity index (χ1n) is 6.06. The topological polar surface area (TPSA) is 63.7 Å². The van der Waals surface area contributed by atoms with Gasteiger partial charge in [0.25, 0.3) is 10.1 Å². The Kier molecular flexibility index (Phi) is 3.91. The van der Waals surface area contributed by atoms with Crippen molar-refractivity contribution in [3.8, 4) is 0 Å². The van der Waals surface area contributed by atoms with Crippen LogP contribution in [0.4, 0.5) is 5.69 Å². The SMILES string of the molecule is Cc1cccc(N2CC(COS(C)(=O)=O)CC2=O)c1. The summed E-state index contributed by atoms with van der Waals surface area (Å²) >= 11 is 0. The van der Waals surface area contributed by atoms with E-state index in [4.69, 9.17) is 4.18 Å². The average Bonchev–Trinajstić information content (AvgIpc) is 2.67. The zero-order valence-electron chi connectivity index (χ0n) is 11.0. The maximum atomic E-state index is 11.9. The minimum Gasteiger partial charge on any atom is -0.312 e. The molecule has 6 heteroatoms. The molecule has 1 atom stereocenters. The van der Waals surface area contributed by atoms with Crippen LogP contribution >= 0.6 is 0 Å². The Morgan fingerprint density at radius 1 is 1.42 bits per heavy atom. The maximum Gasteiger partial charge on any atom is 0.264 e. The number of carbonyl (C=O) groups is 1. The van der Waals surface area contributed by atoms with E-state index in [2.05, 4.69) is 0 Å². The van der Waals surface area contributed by atoms with Gasteiger partial charge in [-0.2, -0.15) is 8.42 Å². The first-order chi connectivity index (χ1) is 8.85. The molecule has 1 amide bonds. The number of carbonyl (C=O) groups excluding carboxylic acids is 1. The molecule has 1 aromatic carbocycles. The summed E-state index contributed by atoms with van der Waals surface area (Å²) in [5.41, 5.74) is 1.94. The molecule has 5 nitrogen and oxygen atoms in total. The van der Waals surface area contributed by atoms with E-state index >= 15 is 0 Å². The van der Waals surface area contributed by atoms with Crippen molar-refractivity contribution < 1.29 is 17.4 Å². The van der Waals surface area contributed by atoms with Crippen molar-refractivity contribution in [2.45, 2.75) is 13.3 Å². The van der Waals surface area contributed by atoms with Crippen molar-refractivity contribution >= 4 is 21.7 Å². The Balaban J connectivity index is 2.04. The van der Waals surface area contributed by atoms with Crippen LogP contribution in [0, 0.1) is 12.8 Å². The molecule has 1 aliphatic rings. The molecular weight excluding hydrogens is 266 g/mol. The van der Waals surface area contributed by atoms with Gasteiger partial charge in [0.05, 0.1) is 12.9 Å². The zero-order valence-corrected chi connectivity index (χ0v) is 11.8. The highest BCUT2D eigenvalue weighted by Crippen LogP contribution is 2.26. The molecule has 19 heavy (non-hydrogen) atoms. The molecule has 0 N–H and O–H groups in total. The molecule has 1 saturated heterocycles. The van der Waals surface area contributed by atoms with Crippen molar-refractivity contribution in [1.29, 1.82) is 0 Å². The smallest absolute Gasteiger partial charge is 0.264 e. The second kappa shape index (κ2) is 5.30. The molecule has 0 saturated carbocycles. The molecule has 104 valence electrons. The van der Waals surface area contributed by atoms with Crippen LogP contribution in [-0.2, 0) is 19.1 Å². The summed E-state index contributed by atoms with van der Waals surface area (Å²) < 4.78 is 26.7. The third-order valence-corrected chi connectivity index (χ3v) is 3.60. The lowest BCUT2D eigenvalue weighted by atomic mass is 10.1. The fraction of sp³-hybridized carbons (Fsp3) is 0.462. The van der Waals surface area contributed by atoms with Gasteiger partial charge in [-0.15, -0.1) is 0 Å². The lowest BCUT2D eigenvalue weighted by Crippen LogP contribution is -2.25. The normalized spacial score (nSPS) is 20.0. The molecule has 0 aliphatic carbocycles. The van der Waals surface area contributed by atoms with E-state index in [1.54, 1.807) is 4.90 Å². The fourth-order valence-corrected chi connectivity index (χ4v) is 2.60. The number of hydrogen-bond donors (Lipinski definition) is 0. The minimum atomic E-state index is -3.45. The van der Waals surface area contributed by atoms with Crippen LogP contribution in [-0.4, -0.2) is 33.7 Å². The second-order valence-electron chi connectivity index (χ2n) is 4.90. The number of aryl methyl sites for hydroxylation is 1. The van der Waals surface area contributed by atoms with Crippen molar-refractivity contribution in [1.82, 2.24) is 0 Å². The van der Waals surface area contributed by atoms with Gasteiger partial charge in [-0.1, -0.05) is 12.1 Å². The van der Waals surface area contributed by atoms with E-state index in [1.165, 1.54) is 0 Å². The Morgan fingerprint density at radius 2 is 2.16 bits per heavy atom. The van der Waals surface area contributed by atoms with E-state index < -0.39 is 10.1 Å². The van der Waals surface area contributed by atoms with Gasteiger partial charge in [0.2, 0.25) is 5.91 Å². The van der Waals surface area contributed by atoms with E-state index in [9.17, 15) is 13.2 Å². The van der Waals surface area contributed by atoms with Crippen molar-refractivity contribution in [3.63, 3.8) is 0 Å². The van der Waals surface area contributed by atoms with Crippen LogP contribution in [0.3, 0.4) is 0 Å². The number of hydrogen-bond acceptors (Lipinski definition) is 4. The molecule has 1 unspecified atom stereocenters. The molecule has 1 fully saturated rings. The third-order valence-electron chi connectivity index (χ3n) is 3.04. The molecule has 2 rings (SSSR count). The number of anilines is 1. The van der Waals surface area contributed by atoms with Gasteiger partial charge in [0, 0.05) is 24.6 Å². The van der Waals surface area contributed by atoms with E-state index in [1.807, 2.05) is 31.2 Å². The lowest BCUT2D eigenvalue weighted by molar-refractivity contribution is -0.117. The van der Waals surface area contributed by atoms with Crippen LogP contribution < -0.4 is 4.90 Å². The van der Waals surface area contributed by atoms with Gasteiger partial charge >= 0.3 is 0 Å². The van der Waals surface area contributed by atoms with Crippen molar-refractivity contribution in [3.05, 3.63) is 29.8 Å². The number of benzene rings is 1. The second-order valence-corrected chi connectivity index (χ2v) is 6.55. The summed E-state index contributed by atoms with van der Waals surface area (Å²) in [5, 5.41) is 0. The molecule has 0 spiro atoms. The molecule has 0 bridgehead atoms. The van der Waals surface area contributed by atoms with Gasteiger partial charge in [0.15, 0.2) is 0 Å². The summed E-state index contributed by atoms with van der Waals surface area (Å²) in [6, 6.07) is 7.69. The number of amides is 1.